The first-order valence-corrected chi connectivity index (χ1v) is 5.62. The first-order chi connectivity index (χ1) is 8.97. The van der Waals surface area contributed by atoms with Crippen molar-refractivity contribution < 1.29 is 13.2 Å². The number of hydrogen-bond acceptors (Lipinski definition) is 2. The van der Waals surface area contributed by atoms with Crippen molar-refractivity contribution in [2.75, 3.05) is 0 Å². The van der Waals surface area contributed by atoms with E-state index < -0.39 is 11.7 Å². The molecule has 2 rings (SSSR count). The average Bonchev–Trinajstić information content (AvgIpc) is 2.80. The zero-order valence-electron chi connectivity index (χ0n) is 10.1. The fraction of sp³-hybridized carbons (Fsp3) is 0.231. The van der Waals surface area contributed by atoms with Crippen molar-refractivity contribution in [1.29, 1.82) is 5.26 Å². The van der Waals surface area contributed by atoms with Crippen molar-refractivity contribution in [1.82, 2.24) is 9.78 Å². The Labute approximate surface area is 107 Å². The second kappa shape index (κ2) is 4.76. The van der Waals surface area contributed by atoms with Gasteiger partial charge in [0, 0.05) is 0 Å². The Kier molecular flexibility index (Phi) is 3.30. The van der Waals surface area contributed by atoms with Crippen LogP contribution >= 0.6 is 0 Å². The molecule has 0 radical (unpaired) electrons. The minimum absolute atomic E-state index is 0.433. The highest BCUT2D eigenvalue weighted by molar-refractivity contribution is 5.41. The molecule has 0 saturated heterocycles. The Morgan fingerprint density at radius 2 is 1.89 bits per heavy atom. The van der Waals surface area contributed by atoms with Crippen molar-refractivity contribution in [3.8, 4) is 11.8 Å². The summed E-state index contributed by atoms with van der Waals surface area (Å²) in [6, 6.07) is 6.70. The topological polar surface area (TPSA) is 41.6 Å². The molecule has 0 saturated carbocycles. The van der Waals surface area contributed by atoms with Gasteiger partial charge < -0.3 is 0 Å². The Bertz CT molecular complexity index is 618. The molecule has 1 aromatic carbocycles. The van der Waals surface area contributed by atoms with Crippen LogP contribution in [0.25, 0.3) is 5.69 Å². The molecular weight excluding hydrogens is 255 g/mol. The monoisotopic (exact) mass is 265 g/mol. The normalized spacial score (nSPS) is 11.3. The highest BCUT2D eigenvalue weighted by Gasteiger charge is 2.30. The second-order valence-electron chi connectivity index (χ2n) is 3.93. The number of nitrogens with zero attached hydrogens (tertiary/aromatic N) is 3. The summed E-state index contributed by atoms with van der Waals surface area (Å²) in [7, 11) is 0. The Morgan fingerprint density at radius 1 is 1.26 bits per heavy atom. The molecule has 0 spiro atoms. The molecule has 0 amide bonds. The summed E-state index contributed by atoms with van der Waals surface area (Å²) in [4.78, 5) is 0. The minimum atomic E-state index is -4.35. The lowest BCUT2D eigenvalue weighted by Gasteiger charge is -2.09. The molecule has 0 unspecified atom stereocenters. The van der Waals surface area contributed by atoms with Gasteiger partial charge in [0.2, 0.25) is 0 Å². The van der Waals surface area contributed by atoms with Gasteiger partial charge in [0.05, 0.1) is 28.7 Å². The van der Waals surface area contributed by atoms with Crippen LogP contribution in [0.15, 0.2) is 30.5 Å². The van der Waals surface area contributed by atoms with E-state index in [2.05, 4.69) is 5.10 Å². The number of hydrogen-bond donors (Lipinski definition) is 0. The fourth-order valence-electron chi connectivity index (χ4n) is 1.82. The number of nitriles is 1. The van der Waals surface area contributed by atoms with Gasteiger partial charge in [-0.25, -0.2) is 4.68 Å². The van der Waals surface area contributed by atoms with E-state index in [0.29, 0.717) is 23.4 Å². The maximum Gasteiger partial charge on any atom is 0.416 e. The van der Waals surface area contributed by atoms with Gasteiger partial charge in [0.15, 0.2) is 0 Å². The molecule has 0 fully saturated rings. The zero-order chi connectivity index (χ0) is 14.0. The Balaban J connectivity index is 2.44. The summed E-state index contributed by atoms with van der Waals surface area (Å²) in [6.07, 6.45) is -2.37. The van der Waals surface area contributed by atoms with Gasteiger partial charge in [-0.05, 0) is 30.7 Å². The summed E-state index contributed by atoms with van der Waals surface area (Å²) in [5.74, 6) is 0. The molecular formula is C13H10F3N3. The van der Waals surface area contributed by atoms with Crippen LogP contribution in [0, 0.1) is 11.3 Å². The van der Waals surface area contributed by atoms with E-state index >= 15 is 0 Å². The van der Waals surface area contributed by atoms with E-state index in [1.165, 1.54) is 23.0 Å². The van der Waals surface area contributed by atoms with Crippen LogP contribution in [0.2, 0.25) is 0 Å². The molecule has 0 aliphatic heterocycles. The third-order valence-electron chi connectivity index (χ3n) is 2.76. The van der Waals surface area contributed by atoms with Gasteiger partial charge >= 0.3 is 6.18 Å². The highest BCUT2D eigenvalue weighted by Crippen LogP contribution is 2.29. The molecule has 0 atom stereocenters. The largest absolute Gasteiger partial charge is 0.416 e. The molecule has 1 heterocycles. The quantitative estimate of drug-likeness (QED) is 0.835. The first-order valence-electron chi connectivity index (χ1n) is 5.62. The van der Waals surface area contributed by atoms with Gasteiger partial charge in [-0.2, -0.15) is 23.5 Å². The molecule has 0 bridgehead atoms. The lowest BCUT2D eigenvalue weighted by atomic mass is 10.2. The molecule has 98 valence electrons. The van der Waals surface area contributed by atoms with Crippen molar-refractivity contribution in [3.05, 3.63) is 47.3 Å². The highest BCUT2D eigenvalue weighted by atomic mass is 19.4. The number of halogens is 3. The number of alkyl halides is 3. The third kappa shape index (κ3) is 2.45. The van der Waals surface area contributed by atoms with Crippen LogP contribution in [0.1, 0.15) is 23.7 Å². The Hall–Kier alpha value is -2.29. The van der Waals surface area contributed by atoms with E-state index in [-0.39, 0.29) is 0 Å². The molecule has 0 aliphatic rings. The molecule has 0 N–H and O–H groups in total. The summed E-state index contributed by atoms with van der Waals surface area (Å²) < 4.78 is 38.9. The maximum atomic E-state index is 12.5. The van der Waals surface area contributed by atoms with Crippen LogP contribution in [0.4, 0.5) is 13.2 Å². The zero-order valence-corrected chi connectivity index (χ0v) is 10.1. The summed E-state index contributed by atoms with van der Waals surface area (Å²) in [5.41, 5.74) is 0.915. The van der Waals surface area contributed by atoms with Crippen molar-refractivity contribution in [2.24, 2.45) is 0 Å². The van der Waals surface area contributed by atoms with Gasteiger partial charge in [0.1, 0.15) is 6.07 Å². The van der Waals surface area contributed by atoms with E-state index in [1.54, 1.807) is 0 Å². The van der Waals surface area contributed by atoms with E-state index in [4.69, 9.17) is 5.26 Å². The molecule has 1 aromatic heterocycles. The summed E-state index contributed by atoms with van der Waals surface area (Å²) in [6.45, 7) is 1.86. The predicted molar refractivity (Wildman–Crippen MR) is 62.7 cm³/mol. The second-order valence-corrected chi connectivity index (χ2v) is 3.93. The molecule has 6 heteroatoms. The summed E-state index contributed by atoms with van der Waals surface area (Å²) in [5, 5.41) is 12.9. The lowest BCUT2D eigenvalue weighted by Crippen LogP contribution is -2.06. The van der Waals surface area contributed by atoms with Crippen molar-refractivity contribution >= 4 is 0 Å². The van der Waals surface area contributed by atoms with Crippen LogP contribution in [-0.2, 0) is 12.6 Å². The smallest absolute Gasteiger partial charge is 0.236 e. The predicted octanol–water partition coefficient (Wildman–Crippen LogP) is 3.33. The van der Waals surface area contributed by atoms with Gasteiger partial charge in [-0.3, -0.25) is 0 Å². The van der Waals surface area contributed by atoms with E-state index in [9.17, 15) is 13.2 Å². The minimum Gasteiger partial charge on any atom is -0.236 e. The number of rotatable bonds is 2. The molecule has 2 aromatic rings. The molecule has 3 nitrogen and oxygen atoms in total. The summed E-state index contributed by atoms with van der Waals surface area (Å²) >= 11 is 0. The maximum absolute atomic E-state index is 12.5. The van der Waals surface area contributed by atoms with Crippen LogP contribution in [0.5, 0.6) is 0 Å². The third-order valence-corrected chi connectivity index (χ3v) is 2.76. The first kappa shape index (κ1) is 13.1. The molecule has 0 aliphatic carbocycles. The standard InChI is InChI=1S/C13H10F3N3/c1-2-12-9(7-17)8-18-19(12)11-5-3-10(4-6-11)13(14,15)16/h3-6,8H,2H2,1H3. The van der Waals surface area contributed by atoms with Crippen LogP contribution in [0.3, 0.4) is 0 Å². The van der Waals surface area contributed by atoms with Gasteiger partial charge in [-0.1, -0.05) is 6.92 Å². The van der Waals surface area contributed by atoms with E-state index in [0.717, 1.165) is 12.1 Å². The van der Waals surface area contributed by atoms with Crippen LogP contribution in [-0.4, -0.2) is 9.78 Å². The van der Waals surface area contributed by atoms with Gasteiger partial charge in [0.25, 0.3) is 0 Å². The van der Waals surface area contributed by atoms with Crippen LogP contribution < -0.4 is 0 Å². The SMILES string of the molecule is CCc1c(C#N)cnn1-c1ccc(C(F)(F)F)cc1. The Morgan fingerprint density at radius 3 is 2.37 bits per heavy atom. The average molecular weight is 265 g/mol. The number of benzene rings is 1. The lowest BCUT2D eigenvalue weighted by molar-refractivity contribution is -0.137. The van der Waals surface area contributed by atoms with Crippen molar-refractivity contribution in [3.63, 3.8) is 0 Å². The number of aromatic nitrogens is 2. The molecule has 19 heavy (non-hydrogen) atoms. The van der Waals surface area contributed by atoms with Gasteiger partial charge in [-0.15, -0.1) is 0 Å². The van der Waals surface area contributed by atoms with E-state index in [1.807, 2.05) is 13.0 Å². The fourth-order valence-corrected chi connectivity index (χ4v) is 1.82. The van der Waals surface area contributed by atoms with Crippen molar-refractivity contribution in [2.45, 2.75) is 19.5 Å².